The van der Waals surface area contributed by atoms with Crippen molar-refractivity contribution in [2.75, 3.05) is 7.05 Å². The van der Waals surface area contributed by atoms with Crippen molar-refractivity contribution in [1.82, 2.24) is 10.3 Å². The summed E-state index contributed by atoms with van der Waals surface area (Å²) in [6.45, 7) is 2.13. The summed E-state index contributed by atoms with van der Waals surface area (Å²) in [6.07, 6.45) is 0. The Balaban J connectivity index is 1.96. The summed E-state index contributed by atoms with van der Waals surface area (Å²) in [5.41, 5.74) is 1.13. The summed E-state index contributed by atoms with van der Waals surface area (Å²) in [5.74, 6) is 0.928. The molecule has 0 radical (unpaired) electrons. The third-order valence-electron chi connectivity index (χ3n) is 2.60. The molecule has 1 heterocycles. The highest BCUT2D eigenvalue weighted by molar-refractivity contribution is 9.10. The van der Waals surface area contributed by atoms with Gasteiger partial charge in [0, 0.05) is 20.8 Å². The molecule has 1 unspecified atom stereocenters. The summed E-state index contributed by atoms with van der Waals surface area (Å²) in [5, 5.41) is 6.52. The zero-order chi connectivity index (χ0) is 13.0. The van der Waals surface area contributed by atoms with E-state index in [1.165, 1.54) is 9.90 Å². The molecule has 18 heavy (non-hydrogen) atoms. The highest BCUT2D eigenvalue weighted by Gasteiger charge is 2.08. The van der Waals surface area contributed by atoms with Gasteiger partial charge in [0.25, 0.3) is 0 Å². The molecule has 1 N–H and O–H groups in total. The quantitative estimate of drug-likeness (QED) is 0.811. The van der Waals surface area contributed by atoms with Gasteiger partial charge in [-0.25, -0.2) is 4.98 Å². The Hall–Kier alpha value is -0.360. The van der Waals surface area contributed by atoms with E-state index < -0.39 is 0 Å². The van der Waals surface area contributed by atoms with Crippen LogP contribution in [0.2, 0.25) is 0 Å². The molecule has 96 valence electrons. The van der Waals surface area contributed by atoms with Crippen LogP contribution in [0.25, 0.3) is 0 Å². The van der Waals surface area contributed by atoms with Crippen LogP contribution in [-0.4, -0.2) is 12.0 Å². The second-order valence-electron chi connectivity index (χ2n) is 3.92. The number of rotatable bonds is 5. The van der Waals surface area contributed by atoms with E-state index in [2.05, 4.69) is 56.7 Å². The number of halogens is 1. The second-order valence-corrected chi connectivity index (χ2v) is 6.83. The van der Waals surface area contributed by atoms with E-state index >= 15 is 0 Å². The van der Waals surface area contributed by atoms with Crippen LogP contribution in [0.5, 0.6) is 0 Å². The lowest BCUT2D eigenvalue weighted by Crippen LogP contribution is -2.12. The van der Waals surface area contributed by atoms with Crippen molar-refractivity contribution >= 4 is 39.0 Å². The molecule has 0 saturated carbocycles. The summed E-state index contributed by atoms with van der Waals surface area (Å²) in [6, 6.07) is 8.68. The van der Waals surface area contributed by atoms with Crippen molar-refractivity contribution in [3.63, 3.8) is 0 Å². The summed E-state index contributed by atoms with van der Waals surface area (Å²) >= 11 is 7.04. The maximum absolute atomic E-state index is 4.64. The number of hydrogen-bond acceptors (Lipinski definition) is 4. The van der Waals surface area contributed by atoms with E-state index in [1.54, 1.807) is 11.3 Å². The Bertz CT molecular complexity index is 513. The Kier molecular flexibility index (Phi) is 5.24. The fourth-order valence-corrected chi connectivity index (χ4v) is 3.85. The van der Waals surface area contributed by atoms with Crippen LogP contribution in [-0.2, 0) is 5.75 Å². The molecular formula is C13H15BrN2S2. The first-order chi connectivity index (χ1) is 8.69. The van der Waals surface area contributed by atoms with Crippen LogP contribution in [0.1, 0.15) is 23.7 Å². The standard InChI is InChI=1S/C13H15BrN2S2/c1-9(15-2)12-7-18-13(16-12)8-17-11-5-3-4-10(14)6-11/h3-7,9,15H,8H2,1-2H3. The van der Waals surface area contributed by atoms with E-state index in [0.29, 0.717) is 6.04 Å². The van der Waals surface area contributed by atoms with E-state index in [4.69, 9.17) is 0 Å². The SMILES string of the molecule is CNC(C)c1csc(CSc2cccc(Br)c2)n1. The molecule has 0 bridgehead atoms. The van der Waals surface area contributed by atoms with Crippen molar-refractivity contribution in [1.29, 1.82) is 0 Å². The smallest absolute Gasteiger partial charge is 0.103 e. The molecule has 2 aromatic rings. The average Bonchev–Trinajstić information content (AvgIpc) is 2.84. The number of thioether (sulfide) groups is 1. The monoisotopic (exact) mass is 342 g/mol. The number of hydrogen-bond donors (Lipinski definition) is 1. The molecule has 0 saturated heterocycles. The van der Waals surface area contributed by atoms with Gasteiger partial charge in [-0.1, -0.05) is 22.0 Å². The van der Waals surface area contributed by atoms with Crippen molar-refractivity contribution in [3.8, 4) is 0 Å². The number of nitrogens with one attached hydrogen (secondary N) is 1. The van der Waals surface area contributed by atoms with E-state index in [0.717, 1.165) is 15.9 Å². The van der Waals surface area contributed by atoms with E-state index in [9.17, 15) is 0 Å². The van der Waals surface area contributed by atoms with Crippen LogP contribution < -0.4 is 5.32 Å². The molecule has 0 spiro atoms. The fraction of sp³-hybridized carbons (Fsp3) is 0.308. The molecule has 0 aliphatic rings. The predicted octanol–water partition coefficient (Wildman–Crippen LogP) is 4.48. The van der Waals surface area contributed by atoms with Crippen LogP contribution in [0.3, 0.4) is 0 Å². The summed E-state index contributed by atoms with van der Waals surface area (Å²) < 4.78 is 1.12. The van der Waals surface area contributed by atoms with Crippen LogP contribution in [0.15, 0.2) is 39.0 Å². The number of aromatic nitrogens is 1. The molecule has 1 atom stereocenters. The summed E-state index contributed by atoms with van der Waals surface area (Å²) in [4.78, 5) is 5.91. The van der Waals surface area contributed by atoms with Gasteiger partial charge in [-0.15, -0.1) is 23.1 Å². The van der Waals surface area contributed by atoms with Gasteiger partial charge < -0.3 is 5.32 Å². The molecule has 5 heteroatoms. The lowest BCUT2D eigenvalue weighted by molar-refractivity contribution is 0.635. The molecule has 0 fully saturated rings. The first-order valence-corrected chi connectivity index (χ1v) is 8.35. The highest BCUT2D eigenvalue weighted by atomic mass is 79.9. The zero-order valence-electron chi connectivity index (χ0n) is 10.3. The molecule has 0 aliphatic carbocycles. The van der Waals surface area contributed by atoms with Crippen molar-refractivity contribution in [2.45, 2.75) is 23.6 Å². The largest absolute Gasteiger partial charge is 0.312 e. The minimum absolute atomic E-state index is 0.325. The zero-order valence-corrected chi connectivity index (χ0v) is 13.5. The number of benzene rings is 1. The van der Waals surface area contributed by atoms with Crippen molar-refractivity contribution in [3.05, 3.63) is 44.8 Å². The van der Waals surface area contributed by atoms with Gasteiger partial charge in [-0.3, -0.25) is 0 Å². The maximum atomic E-state index is 4.64. The van der Waals surface area contributed by atoms with Gasteiger partial charge in [0.15, 0.2) is 0 Å². The third-order valence-corrected chi connectivity index (χ3v) is 5.15. The Labute approximate surface area is 124 Å². The minimum atomic E-state index is 0.325. The van der Waals surface area contributed by atoms with Gasteiger partial charge in [0.1, 0.15) is 5.01 Å². The van der Waals surface area contributed by atoms with Crippen LogP contribution >= 0.6 is 39.0 Å². The van der Waals surface area contributed by atoms with Crippen LogP contribution in [0.4, 0.5) is 0 Å². The maximum Gasteiger partial charge on any atom is 0.103 e. The molecule has 0 amide bonds. The number of nitrogens with zero attached hydrogens (tertiary/aromatic N) is 1. The van der Waals surface area contributed by atoms with E-state index in [-0.39, 0.29) is 0 Å². The average molecular weight is 343 g/mol. The van der Waals surface area contributed by atoms with Gasteiger partial charge in [0.2, 0.25) is 0 Å². The van der Waals surface area contributed by atoms with E-state index in [1.807, 2.05) is 24.9 Å². The topological polar surface area (TPSA) is 24.9 Å². The Morgan fingerprint density at radius 3 is 3.06 bits per heavy atom. The fourth-order valence-electron chi connectivity index (χ4n) is 1.44. The molecule has 1 aromatic heterocycles. The van der Waals surface area contributed by atoms with Crippen LogP contribution in [0, 0.1) is 0 Å². The highest BCUT2D eigenvalue weighted by Crippen LogP contribution is 2.27. The third kappa shape index (κ3) is 3.82. The first kappa shape index (κ1) is 14.1. The molecule has 2 nitrogen and oxygen atoms in total. The lowest BCUT2D eigenvalue weighted by atomic mass is 10.3. The molecule has 0 aliphatic heterocycles. The predicted molar refractivity (Wildman–Crippen MR) is 83.3 cm³/mol. The Morgan fingerprint density at radius 1 is 1.50 bits per heavy atom. The van der Waals surface area contributed by atoms with Gasteiger partial charge in [-0.2, -0.15) is 0 Å². The first-order valence-electron chi connectivity index (χ1n) is 5.69. The summed E-state index contributed by atoms with van der Waals surface area (Å²) in [7, 11) is 1.96. The van der Waals surface area contributed by atoms with Crippen molar-refractivity contribution < 1.29 is 0 Å². The second kappa shape index (κ2) is 6.70. The molecule has 2 rings (SSSR count). The Morgan fingerprint density at radius 2 is 2.33 bits per heavy atom. The lowest BCUT2D eigenvalue weighted by Gasteiger charge is -2.05. The van der Waals surface area contributed by atoms with Gasteiger partial charge in [0.05, 0.1) is 11.4 Å². The normalized spacial score (nSPS) is 12.6. The molecule has 1 aromatic carbocycles. The molecular weight excluding hydrogens is 328 g/mol. The van der Waals surface area contributed by atoms with Gasteiger partial charge >= 0.3 is 0 Å². The van der Waals surface area contributed by atoms with Gasteiger partial charge in [-0.05, 0) is 32.2 Å². The van der Waals surface area contributed by atoms with Crippen molar-refractivity contribution in [2.24, 2.45) is 0 Å². The minimum Gasteiger partial charge on any atom is -0.312 e. The number of thiazole rings is 1.